The number of nitrogens with zero attached hydrogens (tertiary/aromatic N) is 3. The second-order valence-corrected chi connectivity index (χ2v) is 6.38. The third-order valence-corrected chi connectivity index (χ3v) is 4.31. The maximum Gasteiger partial charge on any atom is 0.191 e. The first kappa shape index (κ1) is 21.2. The van der Waals surface area contributed by atoms with E-state index in [9.17, 15) is 0 Å². The zero-order chi connectivity index (χ0) is 16.5. The summed E-state index contributed by atoms with van der Waals surface area (Å²) in [5.74, 6) is 0.937. The molecule has 6 heteroatoms. The van der Waals surface area contributed by atoms with Crippen LogP contribution >= 0.6 is 24.0 Å². The summed E-state index contributed by atoms with van der Waals surface area (Å²) in [6.45, 7) is 10.6. The topological polar surface area (TPSA) is 52.6 Å². The Balaban J connectivity index is 0.00000288. The number of nitrogens with one attached hydrogen (secondary N) is 2. The quantitative estimate of drug-likeness (QED) is 0.402. The van der Waals surface area contributed by atoms with Crippen LogP contribution in [0.4, 0.5) is 0 Å². The molecule has 0 unspecified atom stereocenters. The molecule has 2 N–H and O–H groups in total. The molecule has 0 saturated carbocycles. The number of hydrogen-bond acceptors (Lipinski definition) is 3. The lowest BCUT2D eigenvalue weighted by Crippen LogP contribution is -2.49. The minimum atomic E-state index is 0. The van der Waals surface area contributed by atoms with E-state index >= 15 is 0 Å². The van der Waals surface area contributed by atoms with Crippen molar-refractivity contribution in [1.29, 1.82) is 0 Å². The van der Waals surface area contributed by atoms with E-state index in [1.807, 2.05) is 18.3 Å². The Morgan fingerprint density at radius 1 is 1.33 bits per heavy atom. The van der Waals surface area contributed by atoms with Crippen LogP contribution in [-0.4, -0.2) is 54.1 Å². The maximum atomic E-state index is 4.70. The fourth-order valence-corrected chi connectivity index (χ4v) is 2.90. The summed E-state index contributed by atoms with van der Waals surface area (Å²) < 4.78 is 0. The Hall–Kier alpha value is -0.890. The highest BCUT2D eigenvalue weighted by molar-refractivity contribution is 14.0. The Bertz CT molecular complexity index is 470. The summed E-state index contributed by atoms with van der Waals surface area (Å²) in [5, 5.41) is 6.95. The molecule has 5 nitrogen and oxygen atoms in total. The second-order valence-electron chi connectivity index (χ2n) is 6.38. The van der Waals surface area contributed by atoms with Gasteiger partial charge in [0.05, 0.1) is 0 Å². The molecule has 1 saturated heterocycles. The van der Waals surface area contributed by atoms with Crippen LogP contribution in [0.3, 0.4) is 0 Å². The third kappa shape index (κ3) is 7.34. The molecular formula is C18H32IN5. The summed E-state index contributed by atoms with van der Waals surface area (Å²) in [4.78, 5) is 11.6. The molecule has 1 aliphatic heterocycles. The monoisotopic (exact) mass is 445 g/mol. The van der Waals surface area contributed by atoms with Gasteiger partial charge in [-0.05, 0) is 45.7 Å². The van der Waals surface area contributed by atoms with Crippen LogP contribution in [0.25, 0.3) is 0 Å². The average Bonchev–Trinajstić information content (AvgIpc) is 2.56. The van der Waals surface area contributed by atoms with Crippen molar-refractivity contribution in [3.05, 3.63) is 30.1 Å². The van der Waals surface area contributed by atoms with Crippen LogP contribution < -0.4 is 10.6 Å². The highest BCUT2D eigenvalue weighted by atomic mass is 127. The van der Waals surface area contributed by atoms with E-state index in [2.05, 4.69) is 47.4 Å². The number of aromatic nitrogens is 1. The van der Waals surface area contributed by atoms with E-state index in [1.54, 1.807) is 0 Å². The standard InChI is InChI=1S/C18H31N5.HI/c1-4-19-18(21-12-8-16-7-5-6-11-20-16)22-17-9-13-23(14-10-17)15(2)3;/h5-7,11,15,17H,4,8-10,12-14H2,1-3H3,(H2,19,21,22);1H. The number of guanidine groups is 1. The summed E-state index contributed by atoms with van der Waals surface area (Å²) in [5.41, 5.74) is 1.09. The van der Waals surface area contributed by atoms with Gasteiger partial charge in [0.25, 0.3) is 0 Å². The van der Waals surface area contributed by atoms with Crippen molar-refractivity contribution in [3.63, 3.8) is 0 Å². The lowest BCUT2D eigenvalue weighted by molar-refractivity contribution is 0.167. The van der Waals surface area contributed by atoms with Crippen LogP contribution in [0.2, 0.25) is 0 Å². The molecule has 0 atom stereocenters. The second kappa shape index (κ2) is 11.6. The molecule has 0 amide bonds. The minimum absolute atomic E-state index is 0. The number of rotatable bonds is 6. The van der Waals surface area contributed by atoms with Gasteiger partial charge in [0, 0.05) is 56.6 Å². The van der Waals surface area contributed by atoms with Gasteiger partial charge in [0.1, 0.15) is 0 Å². The van der Waals surface area contributed by atoms with Gasteiger partial charge in [-0.2, -0.15) is 0 Å². The summed E-state index contributed by atoms with van der Waals surface area (Å²) >= 11 is 0. The zero-order valence-corrected chi connectivity index (χ0v) is 17.5. The Morgan fingerprint density at radius 3 is 2.67 bits per heavy atom. The lowest BCUT2D eigenvalue weighted by Gasteiger charge is -2.35. The van der Waals surface area contributed by atoms with Crippen LogP contribution in [0, 0.1) is 0 Å². The molecule has 0 aliphatic carbocycles. The molecule has 24 heavy (non-hydrogen) atoms. The van der Waals surface area contributed by atoms with Crippen LogP contribution in [0.15, 0.2) is 29.4 Å². The van der Waals surface area contributed by atoms with E-state index < -0.39 is 0 Å². The van der Waals surface area contributed by atoms with Crippen molar-refractivity contribution < 1.29 is 0 Å². The largest absolute Gasteiger partial charge is 0.357 e. The Morgan fingerprint density at radius 2 is 2.08 bits per heavy atom. The molecular weight excluding hydrogens is 413 g/mol. The number of aliphatic imine (C=N–C) groups is 1. The SMILES string of the molecule is CCNC(=NCCc1ccccn1)NC1CCN(C(C)C)CC1.I. The van der Waals surface area contributed by atoms with Crippen molar-refractivity contribution in [2.75, 3.05) is 26.2 Å². The summed E-state index contributed by atoms with van der Waals surface area (Å²) in [7, 11) is 0. The van der Waals surface area contributed by atoms with Gasteiger partial charge in [0.15, 0.2) is 5.96 Å². The highest BCUT2D eigenvalue weighted by Gasteiger charge is 2.21. The molecule has 1 aromatic rings. The van der Waals surface area contributed by atoms with Crippen LogP contribution in [0.1, 0.15) is 39.3 Å². The van der Waals surface area contributed by atoms with Gasteiger partial charge in [0.2, 0.25) is 0 Å². The number of halogens is 1. The molecule has 0 radical (unpaired) electrons. The van der Waals surface area contributed by atoms with Crippen LogP contribution in [-0.2, 0) is 6.42 Å². The molecule has 1 fully saturated rings. The summed E-state index contributed by atoms with van der Waals surface area (Å²) in [6, 6.07) is 7.20. The predicted octanol–water partition coefficient (Wildman–Crippen LogP) is 2.67. The Labute approximate surface area is 163 Å². The van der Waals surface area contributed by atoms with Crippen molar-refractivity contribution >= 4 is 29.9 Å². The highest BCUT2D eigenvalue weighted by Crippen LogP contribution is 2.12. The molecule has 0 bridgehead atoms. The molecule has 2 heterocycles. The summed E-state index contributed by atoms with van der Waals surface area (Å²) in [6.07, 6.45) is 5.08. The van der Waals surface area contributed by atoms with Gasteiger partial charge in [-0.25, -0.2) is 0 Å². The molecule has 0 aromatic carbocycles. The number of hydrogen-bond donors (Lipinski definition) is 2. The zero-order valence-electron chi connectivity index (χ0n) is 15.2. The van der Waals surface area contributed by atoms with Gasteiger partial charge in [-0.15, -0.1) is 24.0 Å². The fourth-order valence-electron chi connectivity index (χ4n) is 2.90. The van der Waals surface area contributed by atoms with Gasteiger partial charge in [-0.3, -0.25) is 9.98 Å². The van der Waals surface area contributed by atoms with Gasteiger partial charge >= 0.3 is 0 Å². The van der Waals surface area contributed by atoms with E-state index in [0.29, 0.717) is 12.1 Å². The fraction of sp³-hybridized carbons (Fsp3) is 0.667. The van der Waals surface area contributed by atoms with Crippen molar-refractivity contribution in [2.24, 2.45) is 4.99 Å². The maximum absolute atomic E-state index is 4.70. The minimum Gasteiger partial charge on any atom is -0.357 e. The lowest BCUT2D eigenvalue weighted by atomic mass is 10.0. The average molecular weight is 445 g/mol. The molecule has 1 aromatic heterocycles. The Kier molecular flexibility index (Phi) is 10.2. The molecule has 136 valence electrons. The van der Waals surface area contributed by atoms with Crippen LogP contribution in [0.5, 0.6) is 0 Å². The smallest absolute Gasteiger partial charge is 0.191 e. The van der Waals surface area contributed by atoms with Gasteiger partial charge in [-0.1, -0.05) is 6.07 Å². The first-order valence-corrected chi connectivity index (χ1v) is 8.88. The van der Waals surface area contributed by atoms with Crippen molar-refractivity contribution in [1.82, 2.24) is 20.5 Å². The van der Waals surface area contributed by atoms with Crippen molar-refractivity contribution in [3.8, 4) is 0 Å². The van der Waals surface area contributed by atoms with E-state index in [-0.39, 0.29) is 24.0 Å². The molecule has 0 spiro atoms. The molecule has 1 aliphatic rings. The number of pyridine rings is 1. The van der Waals surface area contributed by atoms with E-state index in [1.165, 1.54) is 25.9 Å². The van der Waals surface area contributed by atoms with E-state index in [0.717, 1.165) is 31.2 Å². The van der Waals surface area contributed by atoms with E-state index in [4.69, 9.17) is 4.99 Å². The predicted molar refractivity (Wildman–Crippen MR) is 112 cm³/mol. The first-order chi connectivity index (χ1) is 11.2. The molecule has 2 rings (SSSR count). The normalized spacial score (nSPS) is 16.8. The first-order valence-electron chi connectivity index (χ1n) is 8.88. The van der Waals surface area contributed by atoms with Crippen molar-refractivity contribution in [2.45, 2.75) is 52.1 Å². The number of piperidine rings is 1. The van der Waals surface area contributed by atoms with Gasteiger partial charge < -0.3 is 15.5 Å². The number of likely N-dealkylation sites (tertiary alicyclic amines) is 1. The third-order valence-electron chi connectivity index (χ3n) is 4.31.